The number of rotatable bonds is 30. The van der Waals surface area contributed by atoms with Crippen LogP contribution in [0.1, 0.15) is 117 Å². The average Bonchev–Trinajstić information content (AvgIpc) is 3.11. The van der Waals surface area contributed by atoms with E-state index in [0.29, 0.717) is 13.0 Å². The van der Waals surface area contributed by atoms with E-state index < -0.39 is 49.4 Å². The molecule has 1 rings (SSSR count). The average molecular weight is 705 g/mol. The van der Waals surface area contributed by atoms with Gasteiger partial charge in [0.25, 0.3) is 0 Å². The van der Waals surface area contributed by atoms with E-state index in [1.165, 1.54) is 38.5 Å². The van der Waals surface area contributed by atoms with Gasteiger partial charge in [-0.1, -0.05) is 125 Å². The number of carbonyl (C=O) groups is 1. The fourth-order valence-electron chi connectivity index (χ4n) is 5.13. The second-order valence-corrected chi connectivity index (χ2v) is 12.7. The maximum Gasteiger partial charge on any atom is 0.310 e. The second kappa shape index (κ2) is 32.5. The molecule has 0 aliphatic carbocycles. The van der Waals surface area contributed by atoms with E-state index in [2.05, 4.69) is 74.6 Å². The molecule has 6 unspecified atom stereocenters. The molecule has 1 aliphatic heterocycles. The van der Waals surface area contributed by atoms with Gasteiger partial charge >= 0.3 is 5.97 Å². The Bertz CT molecular complexity index is 985. The minimum absolute atomic E-state index is 0.0819. The first-order valence-electron chi connectivity index (χ1n) is 19.0. The molecule has 50 heavy (non-hydrogen) atoms. The van der Waals surface area contributed by atoms with Gasteiger partial charge in [-0.2, -0.15) is 0 Å². The van der Waals surface area contributed by atoms with E-state index in [1.807, 2.05) is 6.08 Å². The molecule has 1 aliphatic rings. The summed E-state index contributed by atoms with van der Waals surface area (Å²) in [6.07, 6.45) is 33.8. The highest BCUT2D eigenvalue weighted by molar-refractivity contribution is 5.71. The van der Waals surface area contributed by atoms with Gasteiger partial charge in [0.05, 0.1) is 26.2 Å². The molecule has 0 amide bonds. The Morgan fingerprint density at radius 3 is 1.82 bits per heavy atom. The standard InChI is InChI=1S/C41H68O9/c1-3-5-7-9-11-13-15-17-18-19-20-22-24-26-28-30-37(43)49-35(34-48-41-40(46)39(45)38(44)36(32-42)50-41)33-47-31-29-27-25-23-21-16-14-12-10-8-6-4-2/h5,7,10-13,17-18,20,22,26,28,35-36,38-42,44-46H,3-4,6,8-9,14-16,19,21,23-25,27,29-34H2,1-2H3/b7-5-,12-10-,13-11-,18-17-,22-20-,28-26-. The number of aliphatic hydroxyl groups excluding tert-OH is 4. The van der Waals surface area contributed by atoms with Gasteiger partial charge in [0.15, 0.2) is 6.29 Å². The first-order valence-corrected chi connectivity index (χ1v) is 19.0. The van der Waals surface area contributed by atoms with Crippen LogP contribution in [0.15, 0.2) is 72.9 Å². The molecule has 0 aromatic heterocycles. The molecule has 0 aromatic carbocycles. The van der Waals surface area contributed by atoms with Gasteiger partial charge in [-0.3, -0.25) is 4.79 Å². The van der Waals surface area contributed by atoms with Gasteiger partial charge in [-0.05, 0) is 57.8 Å². The Kier molecular flexibility index (Phi) is 29.7. The highest BCUT2D eigenvalue weighted by atomic mass is 16.7. The Morgan fingerprint density at radius 1 is 0.660 bits per heavy atom. The molecule has 286 valence electrons. The molecule has 0 bridgehead atoms. The molecule has 0 radical (unpaired) electrons. The number of carbonyl (C=O) groups excluding carboxylic acids is 1. The summed E-state index contributed by atoms with van der Waals surface area (Å²) in [6.45, 7) is 4.24. The van der Waals surface area contributed by atoms with Crippen molar-refractivity contribution in [1.82, 2.24) is 0 Å². The van der Waals surface area contributed by atoms with Crippen molar-refractivity contribution in [3.05, 3.63) is 72.9 Å². The lowest BCUT2D eigenvalue weighted by molar-refractivity contribution is -0.305. The van der Waals surface area contributed by atoms with Gasteiger partial charge in [0.2, 0.25) is 0 Å². The van der Waals surface area contributed by atoms with E-state index in [-0.39, 0.29) is 19.6 Å². The summed E-state index contributed by atoms with van der Waals surface area (Å²) in [5.74, 6) is -0.447. The van der Waals surface area contributed by atoms with E-state index in [0.717, 1.165) is 51.4 Å². The number of unbranched alkanes of at least 4 members (excludes halogenated alkanes) is 8. The van der Waals surface area contributed by atoms with Gasteiger partial charge in [-0.25, -0.2) is 0 Å². The number of allylic oxidation sites excluding steroid dienone is 11. The van der Waals surface area contributed by atoms with Crippen LogP contribution in [0, 0.1) is 0 Å². The van der Waals surface area contributed by atoms with Crippen LogP contribution in [-0.2, 0) is 23.7 Å². The van der Waals surface area contributed by atoms with Crippen LogP contribution >= 0.6 is 0 Å². The molecule has 6 atom stereocenters. The van der Waals surface area contributed by atoms with Crippen LogP contribution in [-0.4, -0.2) is 89.6 Å². The fraction of sp³-hybridized carbons (Fsp3) is 0.683. The van der Waals surface area contributed by atoms with Crippen molar-refractivity contribution in [2.24, 2.45) is 0 Å². The fourth-order valence-corrected chi connectivity index (χ4v) is 5.13. The topological polar surface area (TPSA) is 135 Å². The molecule has 4 N–H and O–H groups in total. The van der Waals surface area contributed by atoms with Crippen LogP contribution in [0.5, 0.6) is 0 Å². The Balaban J connectivity index is 2.43. The smallest absolute Gasteiger partial charge is 0.310 e. The molecule has 0 saturated carbocycles. The Morgan fingerprint density at radius 2 is 1.22 bits per heavy atom. The normalized spacial score (nSPS) is 22.4. The van der Waals surface area contributed by atoms with Crippen molar-refractivity contribution in [3.63, 3.8) is 0 Å². The molecule has 9 nitrogen and oxygen atoms in total. The molecule has 9 heteroatoms. The van der Waals surface area contributed by atoms with Crippen molar-refractivity contribution in [3.8, 4) is 0 Å². The Labute approximate surface area is 302 Å². The lowest BCUT2D eigenvalue weighted by atomic mass is 9.99. The molecular weight excluding hydrogens is 636 g/mol. The lowest BCUT2D eigenvalue weighted by Crippen LogP contribution is -2.59. The lowest BCUT2D eigenvalue weighted by Gasteiger charge is -2.39. The summed E-state index contributed by atoms with van der Waals surface area (Å²) < 4.78 is 22.5. The van der Waals surface area contributed by atoms with Crippen LogP contribution in [0.25, 0.3) is 0 Å². The monoisotopic (exact) mass is 704 g/mol. The van der Waals surface area contributed by atoms with Gasteiger partial charge in [0.1, 0.15) is 30.5 Å². The molecule has 0 aromatic rings. The summed E-state index contributed by atoms with van der Waals surface area (Å²) in [7, 11) is 0. The summed E-state index contributed by atoms with van der Waals surface area (Å²) >= 11 is 0. The zero-order valence-electron chi connectivity index (χ0n) is 30.9. The van der Waals surface area contributed by atoms with Crippen LogP contribution in [0.2, 0.25) is 0 Å². The van der Waals surface area contributed by atoms with Crippen molar-refractivity contribution in [2.75, 3.05) is 26.4 Å². The highest BCUT2D eigenvalue weighted by Gasteiger charge is 2.44. The molecule has 0 spiro atoms. The maximum atomic E-state index is 12.6. The Hall–Kier alpha value is -2.37. The maximum absolute atomic E-state index is 12.6. The summed E-state index contributed by atoms with van der Waals surface area (Å²) in [4.78, 5) is 12.6. The number of hydrogen-bond acceptors (Lipinski definition) is 9. The summed E-state index contributed by atoms with van der Waals surface area (Å²) in [5, 5.41) is 39.9. The number of hydrogen-bond donors (Lipinski definition) is 4. The minimum atomic E-state index is -1.55. The predicted molar refractivity (Wildman–Crippen MR) is 200 cm³/mol. The molecule has 1 saturated heterocycles. The molecular formula is C41H68O9. The SMILES string of the molecule is CC/C=C\C/C=C\C/C=C\C/C=C\C/C=C\CC(=O)OC(COCCCCCCCC/C=C\CCCC)COC1OC(CO)C(O)C(O)C1O. The second-order valence-electron chi connectivity index (χ2n) is 12.7. The number of ether oxygens (including phenoxy) is 4. The third-order valence-corrected chi connectivity index (χ3v) is 8.14. The van der Waals surface area contributed by atoms with Crippen molar-refractivity contribution in [2.45, 2.75) is 153 Å². The predicted octanol–water partition coefficient (Wildman–Crippen LogP) is 7.35. The minimum Gasteiger partial charge on any atom is -0.457 e. The van der Waals surface area contributed by atoms with E-state index in [4.69, 9.17) is 18.9 Å². The van der Waals surface area contributed by atoms with Gasteiger partial charge < -0.3 is 39.4 Å². The largest absolute Gasteiger partial charge is 0.457 e. The van der Waals surface area contributed by atoms with Crippen LogP contribution < -0.4 is 0 Å². The van der Waals surface area contributed by atoms with Crippen molar-refractivity contribution >= 4 is 5.97 Å². The van der Waals surface area contributed by atoms with Gasteiger partial charge in [-0.15, -0.1) is 0 Å². The van der Waals surface area contributed by atoms with Crippen molar-refractivity contribution < 1.29 is 44.2 Å². The first kappa shape index (κ1) is 45.7. The first-order chi connectivity index (χ1) is 24.4. The number of aliphatic hydroxyl groups is 4. The zero-order chi connectivity index (χ0) is 36.5. The third-order valence-electron chi connectivity index (χ3n) is 8.14. The summed E-state index contributed by atoms with van der Waals surface area (Å²) in [5.41, 5.74) is 0. The third kappa shape index (κ3) is 23.9. The van der Waals surface area contributed by atoms with Gasteiger partial charge in [0, 0.05) is 6.61 Å². The van der Waals surface area contributed by atoms with E-state index >= 15 is 0 Å². The highest BCUT2D eigenvalue weighted by Crippen LogP contribution is 2.22. The van der Waals surface area contributed by atoms with Crippen LogP contribution in [0.4, 0.5) is 0 Å². The summed E-state index contributed by atoms with van der Waals surface area (Å²) in [6, 6.07) is 0. The number of esters is 1. The molecule has 1 fully saturated rings. The van der Waals surface area contributed by atoms with Crippen molar-refractivity contribution in [1.29, 1.82) is 0 Å². The molecule has 1 heterocycles. The zero-order valence-corrected chi connectivity index (χ0v) is 30.9. The van der Waals surface area contributed by atoms with Crippen LogP contribution in [0.3, 0.4) is 0 Å². The van der Waals surface area contributed by atoms with E-state index in [9.17, 15) is 25.2 Å². The van der Waals surface area contributed by atoms with E-state index in [1.54, 1.807) is 6.08 Å². The quantitative estimate of drug-likeness (QED) is 0.0344.